The molecule has 98 valence electrons. The van der Waals surface area contributed by atoms with Crippen molar-refractivity contribution in [3.8, 4) is 0 Å². The molecule has 2 aliphatic heterocycles. The molecule has 0 saturated carbocycles. The van der Waals surface area contributed by atoms with E-state index in [0.29, 0.717) is 17.8 Å². The van der Waals surface area contributed by atoms with E-state index in [1.54, 1.807) is 0 Å². The van der Waals surface area contributed by atoms with Crippen LogP contribution >= 0.6 is 0 Å². The number of aromatic nitrogens is 1. The van der Waals surface area contributed by atoms with E-state index >= 15 is 0 Å². The summed E-state index contributed by atoms with van der Waals surface area (Å²) in [6.07, 6.45) is 2.37. The van der Waals surface area contributed by atoms with Crippen molar-refractivity contribution in [1.29, 1.82) is 0 Å². The molecule has 3 heterocycles. The van der Waals surface area contributed by atoms with Crippen molar-refractivity contribution in [2.75, 3.05) is 18.0 Å². The molecule has 18 heavy (non-hydrogen) atoms. The molecule has 0 unspecified atom stereocenters. The van der Waals surface area contributed by atoms with Crippen LogP contribution in [0.3, 0.4) is 0 Å². The molecule has 1 aromatic rings. The molecule has 0 spiro atoms. The quantitative estimate of drug-likeness (QED) is 0.703. The summed E-state index contributed by atoms with van der Waals surface area (Å²) in [6, 6.07) is 1.99. The first-order valence-electron chi connectivity index (χ1n) is 5.63. The lowest BCUT2D eigenvalue weighted by Gasteiger charge is -2.29. The van der Waals surface area contributed by atoms with Gasteiger partial charge in [0.05, 0.1) is 11.9 Å². The highest BCUT2D eigenvalue weighted by Gasteiger charge is 2.38. The molecule has 3 N–H and O–H groups in total. The second-order valence-corrected chi connectivity index (χ2v) is 6.20. The standard InChI is InChI=1S/C10H13FN4O2S/c11-10-9(18(12,16)17)2-8(4-14-10)15-5-6-1-7(15)3-13-6/h2,4,6-7,13H,1,3,5H2,(H2,12,16,17)/t6-,7-/m1/s1. The first-order valence-corrected chi connectivity index (χ1v) is 7.18. The summed E-state index contributed by atoms with van der Waals surface area (Å²) in [5.41, 5.74) is 0.606. The number of nitrogens with zero attached hydrogens (tertiary/aromatic N) is 2. The Bertz CT molecular complexity index is 592. The fraction of sp³-hybridized carbons (Fsp3) is 0.500. The zero-order chi connectivity index (χ0) is 12.9. The molecule has 2 saturated heterocycles. The topological polar surface area (TPSA) is 88.3 Å². The van der Waals surface area contributed by atoms with E-state index in [9.17, 15) is 12.8 Å². The number of sulfonamides is 1. The summed E-state index contributed by atoms with van der Waals surface area (Å²) in [5, 5.41) is 8.30. The Balaban J connectivity index is 1.99. The Morgan fingerprint density at radius 2 is 2.33 bits per heavy atom. The number of hydrogen-bond donors (Lipinski definition) is 2. The molecular weight excluding hydrogens is 259 g/mol. The molecule has 0 aliphatic carbocycles. The molecule has 1 aromatic heterocycles. The van der Waals surface area contributed by atoms with Gasteiger partial charge in [0.15, 0.2) is 0 Å². The smallest absolute Gasteiger partial charge is 0.242 e. The maximum absolute atomic E-state index is 13.3. The van der Waals surface area contributed by atoms with Crippen LogP contribution in [0.25, 0.3) is 0 Å². The number of nitrogens with two attached hydrogens (primary N) is 1. The predicted molar refractivity (Wildman–Crippen MR) is 63.1 cm³/mol. The van der Waals surface area contributed by atoms with E-state index in [-0.39, 0.29) is 0 Å². The molecule has 2 atom stereocenters. The van der Waals surface area contributed by atoms with Gasteiger partial charge in [-0.05, 0) is 12.5 Å². The van der Waals surface area contributed by atoms with E-state index in [1.807, 2.05) is 4.90 Å². The van der Waals surface area contributed by atoms with E-state index in [1.165, 1.54) is 12.3 Å². The number of anilines is 1. The monoisotopic (exact) mass is 272 g/mol. The van der Waals surface area contributed by atoms with Crippen molar-refractivity contribution >= 4 is 15.7 Å². The molecule has 2 aliphatic rings. The van der Waals surface area contributed by atoms with Crippen LogP contribution in [0, 0.1) is 5.95 Å². The van der Waals surface area contributed by atoms with Crippen LogP contribution in [0.1, 0.15) is 6.42 Å². The molecule has 8 heteroatoms. The van der Waals surface area contributed by atoms with Gasteiger partial charge in [0, 0.05) is 25.2 Å². The molecule has 0 radical (unpaired) electrons. The molecule has 0 amide bonds. The van der Waals surface area contributed by atoms with Gasteiger partial charge in [-0.15, -0.1) is 0 Å². The van der Waals surface area contributed by atoms with E-state index in [2.05, 4.69) is 10.3 Å². The Hall–Kier alpha value is -1.25. The number of rotatable bonds is 2. The summed E-state index contributed by atoms with van der Waals surface area (Å²) >= 11 is 0. The third-order valence-corrected chi connectivity index (χ3v) is 4.39. The van der Waals surface area contributed by atoms with Gasteiger partial charge in [0.2, 0.25) is 16.0 Å². The Morgan fingerprint density at radius 3 is 2.89 bits per heavy atom. The molecular formula is C10H13FN4O2S. The van der Waals surface area contributed by atoms with Gasteiger partial charge in [-0.25, -0.2) is 18.5 Å². The summed E-state index contributed by atoms with van der Waals surface area (Å²) in [5.74, 6) is -1.05. The fourth-order valence-electron chi connectivity index (χ4n) is 2.65. The summed E-state index contributed by atoms with van der Waals surface area (Å²) in [7, 11) is -4.08. The lowest BCUT2D eigenvalue weighted by molar-refractivity contribution is 0.535. The second-order valence-electron chi connectivity index (χ2n) is 4.67. The average molecular weight is 272 g/mol. The number of halogens is 1. The van der Waals surface area contributed by atoms with Crippen LogP contribution in [0.15, 0.2) is 17.2 Å². The zero-order valence-electron chi connectivity index (χ0n) is 9.51. The minimum atomic E-state index is -4.08. The van der Waals surface area contributed by atoms with Gasteiger partial charge in [0.25, 0.3) is 0 Å². The third kappa shape index (κ3) is 1.86. The van der Waals surface area contributed by atoms with Gasteiger partial charge >= 0.3 is 0 Å². The minimum Gasteiger partial charge on any atom is -0.364 e. The highest BCUT2D eigenvalue weighted by atomic mass is 32.2. The van der Waals surface area contributed by atoms with Gasteiger partial charge in [0.1, 0.15) is 4.90 Å². The minimum absolute atomic E-state index is 0.315. The van der Waals surface area contributed by atoms with Gasteiger partial charge < -0.3 is 10.2 Å². The second kappa shape index (κ2) is 3.87. The van der Waals surface area contributed by atoms with Gasteiger partial charge in [-0.1, -0.05) is 0 Å². The SMILES string of the molecule is NS(=O)(=O)c1cc(N2C[C@H]3C[C@@H]2CN3)cnc1F. The predicted octanol–water partition coefficient (Wildman–Crippen LogP) is -0.581. The molecule has 2 bridgehead atoms. The maximum Gasteiger partial charge on any atom is 0.242 e. The summed E-state index contributed by atoms with van der Waals surface area (Å²) in [4.78, 5) is 4.98. The van der Waals surface area contributed by atoms with Crippen molar-refractivity contribution < 1.29 is 12.8 Å². The van der Waals surface area contributed by atoms with E-state index < -0.39 is 20.9 Å². The van der Waals surface area contributed by atoms with Crippen LogP contribution in [-0.4, -0.2) is 38.6 Å². The van der Waals surface area contributed by atoms with Crippen molar-refractivity contribution in [3.05, 3.63) is 18.2 Å². The number of nitrogens with one attached hydrogen (secondary N) is 1. The first kappa shape index (κ1) is 11.8. The van der Waals surface area contributed by atoms with Crippen molar-refractivity contribution in [1.82, 2.24) is 10.3 Å². The normalized spacial score (nSPS) is 26.9. The van der Waals surface area contributed by atoms with Gasteiger partial charge in [-0.3, -0.25) is 0 Å². The summed E-state index contributed by atoms with van der Waals surface area (Å²) in [6.45, 7) is 1.63. The largest absolute Gasteiger partial charge is 0.364 e. The highest BCUT2D eigenvalue weighted by molar-refractivity contribution is 7.89. The Kier molecular flexibility index (Phi) is 2.54. The maximum atomic E-state index is 13.3. The third-order valence-electron chi connectivity index (χ3n) is 3.49. The van der Waals surface area contributed by atoms with E-state index in [4.69, 9.17) is 5.14 Å². The lowest BCUT2D eigenvalue weighted by Crippen LogP contribution is -2.43. The number of fused-ring (bicyclic) bond motifs is 2. The number of hydrogen-bond acceptors (Lipinski definition) is 5. The van der Waals surface area contributed by atoms with Gasteiger partial charge in [-0.2, -0.15) is 4.39 Å². The molecule has 3 rings (SSSR count). The van der Waals surface area contributed by atoms with Crippen LogP contribution in [0.4, 0.5) is 10.1 Å². The molecule has 2 fully saturated rings. The number of pyridine rings is 1. The summed E-state index contributed by atoms with van der Waals surface area (Å²) < 4.78 is 35.8. The van der Waals surface area contributed by atoms with Crippen LogP contribution in [0.2, 0.25) is 0 Å². The average Bonchev–Trinajstić information content (AvgIpc) is 2.89. The van der Waals surface area contributed by atoms with Crippen LogP contribution in [0.5, 0.6) is 0 Å². The highest BCUT2D eigenvalue weighted by Crippen LogP contribution is 2.30. The van der Waals surface area contributed by atoms with Crippen molar-refractivity contribution in [3.63, 3.8) is 0 Å². The number of piperazine rings is 1. The lowest BCUT2D eigenvalue weighted by atomic mass is 10.2. The molecule has 6 nitrogen and oxygen atoms in total. The first-order chi connectivity index (χ1) is 8.45. The number of primary sulfonamides is 1. The zero-order valence-corrected chi connectivity index (χ0v) is 10.3. The van der Waals surface area contributed by atoms with Crippen LogP contribution < -0.4 is 15.4 Å². The molecule has 0 aromatic carbocycles. The fourth-order valence-corrected chi connectivity index (χ4v) is 3.22. The van der Waals surface area contributed by atoms with Crippen LogP contribution in [-0.2, 0) is 10.0 Å². The Morgan fingerprint density at radius 1 is 1.56 bits per heavy atom. The van der Waals surface area contributed by atoms with Crippen molar-refractivity contribution in [2.45, 2.75) is 23.4 Å². The van der Waals surface area contributed by atoms with Crippen molar-refractivity contribution in [2.24, 2.45) is 5.14 Å². The Labute approximate surface area is 104 Å². The van der Waals surface area contributed by atoms with E-state index in [0.717, 1.165) is 19.5 Å².